The smallest absolute Gasteiger partial charge is 0.219 e. The lowest BCUT2D eigenvalue weighted by molar-refractivity contribution is 0.122. The summed E-state index contributed by atoms with van der Waals surface area (Å²) in [6.07, 6.45) is 6.60. The molecule has 0 aromatic carbocycles. The molecule has 0 unspecified atom stereocenters. The van der Waals surface area contributed by atoms with E-state index >= 15 is 0 Å². The van der Waals surface area contributed by atoms with E-state index in [1.807, 2.05) is 4.57 Å². The molecule has 4 saturated heterocycles. The topological polar surface area (TPSA) is 255 Å². The molecule has 4 fully saturated rings. The average molecular weight is 970 g/mol. The van der Waals surface area contributed by atoms with E-state index in [-0.39, 0.29) is 11.9 Å². The number of imidazole rings is 2. The molecule has 7 N–H and O–H groups in total. The highest BCUT2D eigenvalue weighted by Gasteiger charge is 2.31. The van der Waals surface area contributed by atoms with Crippen LogP contribution in [0.25, 0.3) is 45.1 Å². The first-order chi connectivity index (χ1) is 33.2. The van der Waals surface area contributed by atoms with Crippen molar-refractivity contribution >= 4 is 63.4 Å². The van der Waals surface area contributed by atoms with Crippen molar-refractivity contribution in [2.75, 3.05) is 105 Å². The second-order valence-corrected chi connectivity index (χ2v) is 19.5. The summed E-state index contributed by atoms with van der Waals surface area (Å²) in [4.78, 5) is 52.5. The Morgan fingerprint density at radius 2 is 1.03 bits per heavy atom. The van der Waals surface area contributed by atoms with Gasteiger partial charge in [-0.05, 0) is 51.1 Å². The Labute approximate surface area is 408 Å². The summed E-state index contributed by atoms with van der Waals surface area (Å²) in [5, 5.41) is 10.7. The number of halogens is 1. The lowest BCUT2D eigenvalue weighted by Gasteiger charge is -2.38. The van der Waals surface area contributed by atoms with Gasteiger partial charge in [-0.25, -0.2) is 49.8 Å². The molecule has 4 aliphatic rings. The van der Waals surface area contributed by atoms with E-state index in [2.05, 4.69) is 116 Å². The number of fused-ring (bicyclic) bond motifs is 2. The van der Waals surface area contributed by atoms with E-state index in [0.717, 1.165) is 93.2 Å². The Hall–Kier alpha value is -5.65. The fourth-order valence-corrected chi connectivity index (χ4v) is 8.80. The number of nitrogens with one attached hydrogen (secondary N) is 3. The maximum atomic E-state index is 6.44. The summed E-state index contributed by atoms with van der Waals surface area (Å²) >= 11 is 6.44. The zero-order valence-corrected chi connectivity index (χ0v) is 42.0. The minimum Gasteiger partial charge on any atom is -0.378 e. The lowest BCUT2D eigenvalue weighted by atomic mass is 10.1. The summed E-state index contributed by atoms with van der Waals surface area (Å²) in [5.41, 5.74) is 15.8. The van der Waals surface area contributed by atoms with Gasteiger partial charge in [-0.15, -0.1) is 0 Å². The molecular weight excluding hydrogens is 900 g/mol. The molecule has 10 rings (SSSR count). The highest BCUT2D eigenvalue weighted by molar-refractivity contribution is 6.29. The summed E-state index contributed by atoms with van der Waals surface area (Å²) in [6.45, 7) is 28.7. The molecule has 0 saturated carbocycles. The average Bonchev–Trinajstić information content (AvgIpc) is 3.86. The van der Waals surface area contributed by atoms with Crippen molar-refractivity contribution in [3.63, 3.8) is 0 Å². The molecular formula is C46H69ClN20O2. The molecule has 6 aromatic heterocycles. The van der Waals surface area contributed by atoms with Gasteiger partial charge in [0.25, 0.3) is 0 Å². The summed E-state index contributed by atoms with van der Waals surface area (Å²) < 4.78 is 15.3. The maximum Gasteiger partial charge on any atom is 0.219 e. The standard InChI is InChI=1S/C23H34N10O.C17H21ClN8O.C6H14N2/c1-14(2)12-33-21-18(28-23(33)32-13-15(3)25-9-16(32)4)20(31-5-7-34-8-6-31)29-19(30-21)17-10-26-22(24)27-11-17;1-10(2)9-26-15-12(22-16(26)18)14(25-3-5-27-6-4-25)23-13(24-15)11-7-20-17(19)21-8-11;1-5-3-8-6(2)4-7-5/h10-11,14-16,25H,5-9,12-13H2,1-4H3,(H2,24,26,27);7-8,10H,3-6,9H2,1-2H3,(H2,19,20,21);5-8H,3-4H2,1-2H3/t15-,16+;;5-,6+/m0../s1. The second kappa shape index (κ2) is 22.4. The van der Waals surface area contributed by atoms with E-state index in [9.17, 15) is 0 Å². The third kappa shape index (κ3) is 12.0. The number of nitrogens with zero attached hydrogens (tertiary/aromatic N) is 15. The Balaban J connectivity index is 0.000000163. The van der Waals surface area contributed by atoms with Crippen LogP contribution in [-0.2, 0) is 22.6 Å². The van der Waals surface area contributed by atoms with Crippen LogP contribution in [0, 0.1) is 11.8 Å². The van der Waals surface area contributed by atoms with Gasteiger partial charge in [0.1, 0.15) is 0 Å². The SMILES string of the molecule is CC(C)Cn1c(Cl)nc2c(N3CCOCC3)nc(-c3cnc(N)nc3)nc21.CC(C)Cn1c(N2C[C@H](C)NC[C@H]2C)nc2c(N3CCOCC3)nc(-c3cnc(N)nc3)nc21.C[C@@H]1CN[C@@H](C)CN1. The number of morpholine rings is 2. The molecule has 0 radical (unpaired) electrons. The minimum absolute atomic E-state index is 0.209. The minimum atomic E-state index is 0.209. The number of aromatic nitrogens is 12. The molecule has 4 atom stereocenters. The number of rotatable bonds is 9. The molecule has 22 nitrogen and oxygen atoms in total. The zero-order valence-electron chi connectivity index (χ0n) is 41.2. The Morgan fingerprint density at radius 1 is 0.594 bits per heavy atom. The van der Waals surface area contributed by atoms with Gasteiger partial charge in [0, 0.05) is 114 Å². The number of hydrogen-bond acceptors (Lipinski definition) is 20. The van der Waals surface area contributed by atoms with E-state index in [1.54, 1.807) is 24.8 Å². The predicted molar refractivity (Wildman–Crippen MR) is 271 cm³/mol. The molecule has 0 aliphatic carbocycles. The third-order valence-corrected chi connectivity index (χ3v) is 12.5. The van der Waals surface area contributed by atoms with Crippen molar-refractivity contribution in [2.45, 2.75) is 92.6 Å². The summed E-state index contributed by atoms with van der Waals surface area (Å²) in [6, 6.07) is 2.02. The number of hydrogen-bond donors (Lipinski definition) is 5. The van der Waals surface area contributed by atoms with Crippen molar-refractivity contribution in [3.8, 4) is 22.8 Å². The van der Waals surface area contributed by atoms with Crippen LogP contribution < -0.4 is 42.1 Å². The van der Waals surface area contributed by atoms with Crippen LogP contribution in [0.2, 0.25) is 5.28 Å². The van der Waals surface area contributed by atoms with Crippen molar-refractivity contribution < 1.29 is 9.47 Å². The van der Waals surface area contributed by atoms with Crippen molar-refractivity contribution in [1.29, 1.82) is 0 Å². The van der Waals surface area contributed by atoms with Gasteiger partial charge < -0.3 is 51.6 Å². The van der Waals surface area contributed by atoms with Crippen LogP contribution in [-0.4, -0.2) is 162 Å². The molecule has 10 heterocycles. The Morgan fingerprint density at radius 3 is 1.49 bits per heavy atom. The summed E-state index contributed by atoms with van der Waals surface area (Å²) in [7, 11) is 0. The first-order valence-electron chi connectivity index (χ1n) is 24.2. The van der Waals surface area contributed by atoms with Crippen LogP contribution in [0.5, 0.6) is 0 Å². The van der Waals surface area contributed by atoms with Gasteiger partial charge in [0.05, 0.1) is 37.6 Å². The Kier molecular flexibility index (Phi) is 16.2. The zero-order chi connectivity index (χ0) is 48.8. The molecule has 0 amide bonds. The van der Waals surface area contributed by atoms with E-state index in [1.165, 1.54) is 0 Å². The van der Waals surface area contributed by atoms with Gasteiger partial charge in [-0.2, -0.15) is 0 Å². The van der Waals surface area contributed by atoms with E-state index in [0.29, 0.717) is 103 Å². The number of nitrogens with two attached hydrogens (primary N) is 2. The van der Waals surface area contributed by atoms with E-state index in [4.69, 9.17) is 57.5 Å². The number of piperazine rings is 2. The molecule has 0 bridgehead atoms. The normalized spacial score (nSPS) is 21.1. The number of anilines is 5. The van der Waals surface area contributed by atoms with Crippen molar-refractivity contribution in [3.05, 3.63) is 30.1 Å². The van der Waals surface area contributed by atoms with Crippen LogP contribution >= 0.6 is 11.6 Å². The molecule has 4 aliphatic heterocycles. The highest BCUT2D eigenvalue weighted by atomic mass is 35.5. The van der Waals surface area contributed by atoms with Gasteiger partial charge in [0.2, 0.25) is 23.1 Å². The van der Waals surface area contributed by atoms with Crippen LogP contribution in [0.1, 0.15) is 55.4 Å². The van der Waals surface area contributed by atoms with Gasteiger partial charge in [-0.3, -0.25) is 9.13 Å². The molecule has 0 spiro atoms. The predicted octanol–water partition coefficient (Wildman–Crippen LogP) is 3.51. The highest BCUT2D eigenvalue weighted by Crippen LogP contribution is 2.34. The first kappa shape index (κ1) is 49.8. The van der Waals surface area contributed by atoms with Crippen LogP contribution in [0.15, 0.2) is 24.8 Å². The van der Waals surface area contributed by atoms with Crippen LogP contribution in [0.3, 0.4) is 0 Å². The molecule has 23 heteroatoms. The fourth-order valence-electron chi connectivity index (χ4n) is 8.57. The number of nitrogen functional groups attached to an aromatic ring is 2. The van der Waals surface area contributed by atoms with E-state index < -0.39 is 0 Å². The van der Waals surface area contributed by atoms with Crippen LogP contribution in [0.4, 0.5) is 29.5 Å². The number of ether oxygens (including phenoxy) is 2. The molecule has 6 aromatic rings. The molecule has 372 valence electrons. The van der Waals surface area contributed by atoms with Gasteiger partial charge in [-0.1, -0.05) is 27.7 Å². The molecule has 69 heavy (non-hydrogen) atoms. The lowest BCUT2D eigenvalue weighted by Crippen LogP contribution is -2.55. The summed E-state index contributed by atoms with van der Waals surface area (Å²) in [5.74, 6) is 4.89. The quantitative estimate of drug-likeness (QED) is 0.130. The monoisotopic (exact) mass is 969 g/mol. The van der Waals surface area contributed by atoms with Gasteiger partial charge >= 0.3 is 0 Å². The van der Waals surface area contributed by atoms with Gasteiger partial charge in [0.15, 0.2) is 45.6 Å². The fraction of sp³-hybridized carbons (Fsp3) is 0.609. The Bertz CT molecular complexity index is 2590. The second-order valence-electron chi connectivity index (χ2n) is 19.2. The largest absolute Gasteiger partial charge is 0.378 e. The van der Waals surface area contributed by atoms with Crippen molar-refractivity contribution in [1.82, 2.24) is 74.9 Å². The first-order valence-corrected chi connectivity index (χ1v) is 24.6. The third-order valence-electron chi connectivity index (χ3n) is 12.2. The maximum absolute atomic E-state index is 6.44. The van der Waals surface area contributed by atoms with Crippen molar-refractivity contribution in [2.24, 2.45) is 11.8 Å².